The molecule has 168 valence electrons. The number of nitrogens with one attached hydrogen (secondary N) is 2. The quantitative estimate of drug-likeness (QED) is 0.273. The largest absolute Gasteiger partial charge is 0.370 e. The molecule has 7 nitrogen and oxygen atoms in total. The van der Waals surface area contributed by atoms with Crippen molar-refractivity contribution in [1.29, 1.82) is 0 Å². The van der Waals surface area contributed by atoms with Crippen molar-refractivity contribution in [2.75, 3.05) is 18.4 Å². The number of nitrogens with zero attached hydrogens (tertiary/aromatic N) is 3. The zero-order chi connectivity index (χ0) is 23.4. The number of unbranched alkanes of at least 4 members (excludes halogenated alkanes) is 1. The van der Waals surface area contributed by atoms with Crippen molar-refractivity contribution in [3.05, 3.63) is 65.8 Å². The fourth-order valence-corrected chi connectivity index (χ4v) is 4.79. The summed E-state index contributed by atoms with van der Waals surface area (Å²) in [4.78, 5) is 5.03. The predicted octanol–water partition coefficient (Wildman–Crippen LogP) is 0.737. The van der Waals surface area contributed by atoms with Gasteiger partial charge in [-0.05, 0) is 36.5 Å². The summed E-state index contributed by atoms with van der Waals surface area (Å²) in [6.45, 7) is 1.03. The van der Waals surface area contributed by atoms with Gasteiger partial charge in [0.25, 0.3) is 0 Å². The highest BCUT2D eigenvalue weighted by molar-refractivity contribution is 7.89. The first-order chi connectivity index (χ1) is 15.8. The average molecular weight is 480 g/mol. The van der Waals surface area contributed by atoms with E-state index in [9.17, 15) is 8.42 Å². The van der Waals surface area contributed by atoms with Gasteiger partial charge in [0.05, 0.1) is 10.6 Å². The highest BCUT2D eigenvalue weighted by Crippen LogP contribution is 2.28. The summed E-state index contributed by atoms with van der Waals surface area (Å²) in [7, 11) is 0.406. The van der Waals surface area contributed by atoms with Crippen LogP contribution >= 0.6 is 11.6 Å². The molecule has 0 fully saturated rings. The van der Waals surface area contributed by atoms with Crippen LogP contribution in [-0.2, 0) is 10.0 Å². The summed E-state index contributed by atoms with van der Waals surface area (Å²) in [6.07, 6.45) is 3.26. The molecule has 4 rings (SSSR count). The minimum Gasteiger partial charge on any atom is -0.370 e. The summed E-state index contributed by atoms with van der Waals surface area (Å²) in [5.41, 5.74) is 4.38. The number of sulfonamides is 1. The summed E-state index contributed by atoms with van der Waals surface area (Å²) in [5, 5.41) is 8.47. The molecule has 2 heterocycles. The Hall–Kier alpha value is -2.81. The molecule has 0 spiro atoms. The van der Waals surface area contributed by atoms with E-state index in [-0.39, 0.29) is 4.90 Å². The maximum atomic E-state index is 12.4. The molecule has 0 unspecified atom stereocenters. The maximum Gasteiger partial charge on any atom is 0.240 e. The van der Waals surface area contributed by atoms with E-state index in [1.54, 1.807) is 35.0 Å². The van der Waals surface area contributed by atoms with E-state index in [2.05, 4.69) is 15.1 Å². The molecule has 0 saturated heterocycles. The molecule has 33 heavy (non-hydrogen) atoms. The summed E-state index contributed by atoms with van der Waals surface area (Å²) in [5.74, 6) is 0.809. The molecule has 0 aliphatic carbocycles. The number of hydrogen-bond donors (Lipinski definition) is 2. The van der Waals surface area contributed by atoms with Crippen LogP contribution in [0.3, 0.4) is 0 Å². The van der Waals surface area contributed by atoms with Gasteiger partial charge in [-0.2, -0.15) is 9.61 Å². The van der Waals surface area contributed by atoms with Crippen molar-refractivity contribution in [1.82, 2.24) is 19.3 Å². The monoisotopic (exact) mass is 479 g/mol. The second kappa shape index (κ2) is 9.99. The molecule has 2 N–H and O–H groups in total. The van der Waals surface area contributed by atoms with Crippen LogP contribution in [0, 0.1) is 0 Å². The van der Waals surface area contributed by atoms with Crippen LogP contribution in [0.5, 0.6) is 0 Å². The Balaban J connectivity index is 1.38. The van der Waals surface area contributed by atoms with Gasteiger partial charge < -0.3 is 5.32 Å². The number of hydrogen-bond acceptors (Lipinski definition) is 5. The van der Waals surface area contributed by atoms with Gasteiger partial charge in [0.2, 0.25) is 10.0 Å². The lowest BCUT2D eigenvalue weighted by Gasteiger charge is -2.12. The third-order valence-electron chi connectivity index (χ3n) is 5.33. The predicted molar refractivity (Wildman–Crippen MR) is 139 cm³/mol. The van der Waals surface area contributed by atoms with Crippen LogP contribution in [-0.4, -0.2) is 51.8 Å². The average Bonchev–Trinajstić information content (AvgIpc) is 3.17. The first kappa shape index (κ1) is 23.4. The molecule has 0 aliphatic rings. The molecule has 2 aromatic carbocycles. The molecule has 0 aliphatic heterocycles. The van der Waals surface area contributed by atoms with Crippen molar-refractivity contribution in [2.24, 2.45) is 0 Å². The van der Waals surface area contributed by atoms with Crippen LogP contribution in [0.25, 0.3) is 16.9 Å². The lowest BCUT2D eigenvalue weighted by atomic mass is 9.97. The summed E-state index contributed by atoms with van der Waals surface area (Å²) >= 11 is 6.39. The molecule has 0 bridgehead atoms. The third-order valence-corrected chi connectivity index (χ3v) is 7.14. The number of anilines is 1. The Labute approximate surface area is 200 Å². The fraction of sp³-hybridized carbons (Fsp3) is 0.182. The number of benzene rings is 2. The van der Waals surface area contributed by atoms with Crippen LogP contribution in [0.15, 0.2) is 65.7 Å². The Kier molecular flexibility index (Phi) is 7.07. The van der Waals surface area contributed by atoms with Gasteiger partial charge in [-0.15, -0.1) is 0 Å². The Morgan fingerprint density at radius 3 is 2.48 bits per heavy atom. The van der Waals surface area contributed by atoms with E-state index in [1.165, 1.54) is 0 Å². The first-order valence-corrected chi connectivity index (χ1v) is 12.6. The standard InChI is InChI=1S/C22H24B2ClN5O2S/c23-15-7-9-16(10-8-15)33(31,32)28-12-4-3-11-26-21-13-20(17-5-1-2-6-19(17)25)29-22-18(24)14-27-30(21)22/h1-2,5-10,13-14,26,28H,3-4,11-12,23-24H2. The smallest absolute Gasteiger partial charge is 0.240 e. The van der Waals surface area contributed by atoms with Crippen molar-refractivity contribution in [2.45, 2.75) is 17.7 Å². The molecule has 0 radical (unpaired) electrons. The van der Waals surface area contributed by atoms with Gasteiger partial charge >= 0.3 is 0 Å². The van der Waals surface area contributed by atoms with Crippen molar-refractivity contribution in [3.63, 3.8) is 0 Å². The van der Waals surface area contributed by atoms with Crippen LogP contribution in [0.4, 0.5) is 5.82 Å². The van der Waals surface area contributed by atoms with Gasteiger partial charge in [-0.25, -0.2) is 18.1 Å². The van der Waals surface area contributed by atoms with Gasteiger partial charge in [-0.1, -0.05) is 47.4 Å². The van der Waals surface area contributed by atoms with Crippen LogP contribution in [0.2, 0.25) is 5.02 Å². The Morgan fingerprint density at radius 2 is 1.73 bits per heavy atom. The fourth-order valence-electron chi connectivity index (χ4n) is 3.48. The molecule has 0 atom stereocenters. The van der Waals surface area contributed by atoms with E-state index in [0.717, 1.165) is 40.1 Å². The lowest BCUT2D eigenvalue weighted by molar-refractivity contribution is 0.577. The van der Waals surface area contributed by atoms with Crippen LogP contribution in [0.1, 0.15) is 12.8 Å². The van der Waals surface area contributed by atoms with Crippen molar-refractivity contribution >= 4 is 59.7 Å². The van der Waals surface area contributed by atoms with Crippen molar-refractivity contribution < 1.29 is 8.42 Å². The molecular formula is C22H24B2ClN5O2S. The Bertz CT molecular complexity index is 1380. The normalized spacial score (nSPS) is 11.7. The number of halogens is 1. The zero-order valence-electron chi connectivity index (χ0n) is 18.5. The lowest BCUT2D eigenvalue weighted by Crippen LogP contribution is -2.25. The van der Waals surface area contributed by atoms with Crippen LogP contribution < -0.4 is 21.0 Å². The third kappa shape index (κ3) is 5.40. The molecular weight excluding hydrogens is 455 g/mol. The number of aromatic nitrogens is 3. The van der Waals surface area contributed by atoms with Gasteiger partial charge in [-0.3, -0.25) is 0 Å². The van der Waals surface area contributed by atoms with E-state index in [1.807, 2.05) is 46.0 Å². The highest BCUT2D eigenvalue weighted by Gasteiger charge is 2.14. The second-order valence-corrected chi connectivity index (χ2v) is 10.1. The molecule has 4 aromatic rings. The van der Waals surface area contributed by atoms with Crippen molar-refractivity contribution in [3.8, 4) is 11.3 Å². The Morgan fingerprint density at radius 1 is 1.00 bits per heavy atom. The maximum absolute atomic E-state index is 12.4. The van der Waals surface area contributed by atoms with E-state index < -0.39 is 10.0 Å². The van der Waals surface area contributed by atoms with E-state index in [4.69, 9.17) is 16.6 Å². The minimum absolute atomic E-state index is 0.284. The molecule has 11 heteroatoms. The second-order valence-electron chi connectivity index (χ2n) is 7.91. The first-order valence-electron chi connectivity index (χ1n) is 10.8. The van der Waals surface area contributed by atoms with E-state index >= 15 is 0 Å². The van der Waals surface area contributed by atoms with Gasteiger partial charge in [0, 0.05) is 35.9 Å². The highest BCUT2D eigenvalue weighted by atomic mass is 35.5. The van der Waals surface area contributed by atoms with Gasteiger partial charge in [0.15, 0.2) is 5.65 Å². The number of fused-ring (bicyclic) bond motifs is 1. The van der Waals surface area contributed by atoms with E-state index in [0.29, 0.717) is 24.5 Å². The minimum atomic E-state index is -3.49. The number of rotatable bonds is 9. The van der Waals surface area contributed by atoms with Gasteiger partial charge in [0.1, 0.15) is 21.5 Å². The summed E-state index contributed by atoms with van der Waals surface area (Å²) in [6, 6.07) is 16.4. The zero-order valence-corrected chi connectivity index (χ0v) is 20.1. The summed E-state index contributed by atoms with van der Waals surface area (Å²) < 4.78 is 29.2. The molecule has 0 amide bonds. The topological polar surface area (TPSA) is 88.4 Å². The SMILES string of the molecule is Bc1ccc(S(=O)(=O)NCCCCNc2cc(-c3ccccc3Cl)nc3c(B)cnn23)cc1. The molecule has 2 aromatic heterocycles. The molecule has 0 saturated carbocycles.